The van der Waals surface area contributed by atoms with Crippen molar-refractivity contribution < 1.29 is 71.5 Å². The SMILES string of the molecule is C.CC.CC.CNCCNC(=O)CO[C@H]1C(O)[C@@H](COP(=O)([O-])OP(=O)([O-])OP(=O)([O-])O)O[C@H]1n1cnc2c(N)ncnc21.C[NH3+]. The Morgan fingerprint density at radius 1 is 1.09 bits per heavy atom. The van der Waals surface area contributed by atoms with Crippen molar-refractivity contribution in [2.45, 2.75) is 59.7 Å². The average molecular weight is 727 g/mol. The zero-order chi connectivity index (χ0) is 35.0. The number of nitrogens with two attached hydrogens (primary N) is 1. The monoisotopic (exact) mass is 726 g/mol. The number of aromatic nitrogens is 4. The Bertz CT molecular complexity index is 1320. The highest BCUT2D eigenvalue weighted by Gasteiger charge is 2.47. The smallest absolute Gasteiger partial charge is 0.280 e. The van der Waals surface area contributed by atoms with E-state index in [-0.39, 0.29) is 31.0 Å². The third-order valence-electron chi connectivity index (χ3n) is 4.88. The van der Waals surface area contributed by atoms with Crippen molar-refractivity contribution in [1.29, 1.82) is 0 Å². The molecule has 1 aliphatic heterocycles. The van der Waals surface area contributed by atoms with Crippen LogP contribution >= 0.6 is 23.5 Å². The summed E-state index contributed by atoms with van der Waals surface area (Å²) in [6, 6.07) is 0. The first-order valence-corrected chi connectivity index (χ1v) is 17.8. The molecule has 4 unspecified atom stereocenters. The van der Waals surface area contributed by atoms with E-state index in [9.17, 15) is 38.3 Å². The molecule has 2 aromatic heterocycles. The predicted octanol–water partition coefficient (Wildman–Crippen LogP) is -2.62. The van der Waals surface area contributed by atoms with Crippen LogP contribution in [-0.4, -0.2) is 94.1 Å². The minimum atomic E-state index is -6.13. The molecule has 0 aromatic carbocycles. The summed E-state index contributed by atoms with van der Waals surface area (Å²) < 4.78 is 57.5. The number of quaternary nitrogens is 1. The lowest BCUT2D eigenvalue weighted by molar-refractivity contribution is -0.325. The van der Waals surface area contributed by atoms with Gasteiger partial charge in [0.1, 0.15) is 36.8 Å². The van der Waals surface area contributed by atoms with Crippen molar-refractivity contribution >= 4 is 46.4 Å². The number of aliphatic hydroxyl groups is 1. The predicted molar refractivity (Wildman–Crippen MR) is 158 cm³/mol. The number of amides is 1. The van der Waals surface area contributed by atoms with E-state index in [1.807, 2.05) is 27.7 Å². The molecule has 0 saturated carbocycles. The molecule has 0 radical (unpaired) electrons. The molecule has 1 aliphatic rings. The number of carbonyl (C=O) groups is 1. The molecule has 1 fully saturated rings. The Labute approximate surface area is 266 Å². The fourth-order valence-electron chi connectivity index (χ4n) is 3.32. The number of nitrogen functional groups attached to an aromatic ring is 1. The number of aliphatic hydroxyl groups excluding tert-OH is 1. The third-order valence-corrected chi connectivity index (χ3v) is 8.57. The molecule has 3 heterocycles. The highest BCUT2D eigenvalue weighted by Crippen LogP contribution is 2.61. The first-order chi connectivity index (χ1) is 21.1. The van der Waals surface area contributed by atoms with Gasteiger partial charge in [-0.05, 0) is 7.05 Å². The van der Waals surface area contributed by atoms with Crippen molar-refractivity contribution in [1.82, 2.24) is 30.2 Å². The van der Waals surface area contributed by atoms with Gasteiger partial charge >= 0.3 is 0 Å². The lowest BCUT2D eigenvalue weighted by Crippen LogP contribution is -2.40. The van der Waals surface area contributed by atoms with E-state index in [1.54, 1.807) is 14.1 Å². The van der Waals surface area contributed by atoms with Crippen LogP contribution < -0.4 is 36.8 Å². The van der Waals surface area contributed by atoms with E-state index in [0.29, 0.717) is 6.54 Å². The Morgan fingerprint density at radius 2 is 1.70 bits per heavy atom. The Morgan fingerprint density at radius 3 is 2.26 bits per heavy atom. The van der Waals surface area contributed by atoms with Crippen molar-refractivity contribution in [2.75, 3.05) is 46.1 Å². The molecule has 270 valence electrons. The fraction of sp³-hybridized carbons (Fsp3) is 0.714. The van der Waals surface area contributed by atoms with E-state index in [1.165, 1.54) is 10.9 Å². The molecule has 0 aliphatic carbocycles. The average Bonchev–Trinajstić information content (AvgIpc) is 3.53. The number of carbonyl (C=O) groups excluding carboxylic acids is 1. The summed E-state index contributed by atoms with van der Waals surface area (Å²) in [5.41, 5.74) is 9.31. The number of hydrogen-bond donors (Lipinski definition) is 6. The Kier molecular flexibility index (Phi) is 21.9. The van der Waals surface area contributed by atoms with Gasteiger partial charge in [0.2, 0.25) is 5.91 Å². The Hall–Kier alpha value is -1.97. The van der Waals surface area contributed by atoms with Gasteiger partial charge in [0.05, 0.1) is 20.0 Å². The standard InChI is InChI=1S/C15H26N7O14P3.2C2H6.CH5N.CH4/c1-17-2-3-18-9(23)5-32-12-11(24)8(4-33-38(28,29)36-39(30,31)35-37(25,26)27)34-15(12)22-7-21-10-13(16)19-6-20-14(10)22;3*1-2;/h6-8,11-12,15,17,24H,2-5H2,1H3,(H,18,23)(H,28,29)(H,30,31)(H2,16,19,20)(H2,25,26,27);2*1-2H3;2H2,1H3;1H4/p-2/t8-,11?,12+,15-;;;;/m1..../s1. The first-order valence-electron chi connectivity index (χ1n) is 13.4. The quantitative estimate of drug-likeness (QED) is 0.0857. The van der Waals surface area contributed by atoms with E-state index < -0.39 is 67.1 Å². The number of phosphoric acid groups is 3. The normalized spacial score (nSPS) is 22.5. The zero-order valence-corrected chi connectivity index (χ0v) is 28.2. The highest BCUT2D eigenvalue weighted by molar-refractivity contribution is 7.65. The molecule has 2 aromatic rings. The number of imidazole rings is 1. The number of nitrogens with one attached hydrogen (secondary N) is 2. The van der Waals surface area contributed by atoms with Crippen LogP contribution in [0.25, 0.3) is 11.2 Å². The molecule has 0 spiro atoms. The number of hydrogen-bond acceptors (Lipinski definition) is 18. The fourth-order valence-corrected chi connectivity index (χ4v) is 6.21. The molecule has 1 amide bonds. The number of ether oxygens (including phenoxy) is 2. The first kappa shape index (κ1) is 46.2. The lowest BCUT2D eigenvalue weighted by Gasteiger charge is -2.33. The topological polar surface area (TPSA) is 345 Å². The maximum Gasteiger partial charge on any atom is 0.280 e. The number of likely N-dealkylation sites (N-methyl/N-ethyl adjacent to an activating group) is 1. The maximum absolute atomic E-state index is 12.1. The molecular weight excluding hydrogens is 681 g/mol. The van der Waals surface area contributed by atoms with Crippen molar-refractivity contribution in [2.24, 2.45) is 0 Å². The number of rotatable bonds is 14. The molecule has 25 heteroatoms. The van der Waals surface area contributed by atoms with E-state index in [4.69, 9.17) is 20.1 Å². The summed E-state index contributed by atoms with van der Waals surface area (Å²) in [5.74, 6) is -0.543. The molecule has 22 nitrogen and oxygen atoms in total. The third kappa shape index (κ3) is 14.8. The minimum Gasteiger partial charge on any atom is -0.756 e. The second-order valence-electron chi connectivity index (χ2n) is 7.69. The van der Waals surface area contributed by atoms with Crippen molar-refractivity contribution in [3.63, 3.8) is 0 Å². The van der Waals surface area contributed by atoms with Gasteiger partial charge in [0.15, 0.2) is 17.7 Å². The summed E-state index contributed by atoms with van der Waals surface area (Å²) in [6.45, 7) is 7.10. The number of phosphoric ester groups is 1. The molecule has 3 rings (SSSR count). The van der Waals surface area contributed by atoms with Gasteiger partial charge in [0, 0.05) is 13.1 Å². The summed E-state index contributed by atoms with van der Waals surface area (Å²) in [5, 5.41) is 16.2. The maximum atomic E-state index is 12.1. The molecule has 7 atom stereocenters. The van der Waals surface area contributed by atoms with Crippen molar-refractivity contribution in [3.05, 3.63) is 12.7 Å². The summed E-state index contributed by atoms with van der Waals surface area (Å²) in [4.78, 5) is 66.4. The van der Waals surface area contributed by atoms with Crippen LogP contribution in [0.3, 0.4) is 0 Å². The zero-order valence-electron chi connectivity index (χ0n) is 25.5. The molecule has 0 bridgehead atoms. The van der Waals surface area contributed by atoms with Crippen LogP contribution in [0.1, 0.15) is 41.3 Å². The molecular formula is C21H45N8O14P3-2. The van der Waals surface area contributed by atoms with Gasteiger partial charge in [-0.25, -0.2) is 23.6 Å². The lowest BCUT2D eigenvalue weighted by atomic mass is 10.1. The summed E-state index contributed by atoms with van der Waals surface area (Å²) in [6.07, 6.45) is -3.56. The van der Waals surface area contributed by atoms with Gasteiger partial charge in [-0.1, -0.05) is 35.1 Å². The molecule has 46 heavy (non-hydrogen) atoms. The van der Waals surface area contributed by atoms with Crippen molar-refractivity contribution in [3.8, 4) is 0 Å². The number of nitrogens with zero attached hydrogens (tertiary/aromatic N) is 4. The van der Waals surface area contributed by atoms with Gasteiger partial charge in [-0.15, -0.1) is 0 Å². The van der Waals surface area contributed by atoms with E-state index in [0.717, 1.165) is 6.33 Å². The summed E-state index contributed by atoms with van der Waals surface area (Å²) >= 11 is 0. The van der Waals surface area contributed by atoms with Crippen LogP contribution in [0.4, 0.5) is 5.82 Å². The van der Waals surface area contributed by atoms with E-state index >= 15 is 0 Å². The van der Waals surface area contributed by atoms with Gasteiger partial charge < -0.3 is 60.8 Å². The number of anilines is 1. The second kappa shape index (κ2) is 21.8. The second-order valence-corrected chi connectivity index (χ2v) is 12.0. The molecule has 1 saturated heterocycles. The van der Waals surface area contributed by atoms with Crippen LogP contribution in [0, 0.1) is 0 Å². The van der Waals surface area contributed by atoms with Gasteiger partial charge in [0.25, 0.3) is 23.5 Å². The van der Waals surface area contributed by atoms with Crippen LogP contribution in [-0.2, 0) is 41.1 Å². The molecule has 9 N–H and O–H groups in total. The van der Waals surface area contributed by atoms with E-state index in [2.05, 4.69) is 44.5 Å². The van der Waals surface area contributed by atoms with Gasteiger partial charge in [-0.2, -0.15) is 0 Å². The van der Waals surface area contributed by atoms with Crippen LogP contribution in [0.5, 0.6) is 0 Å². The largest absolute Gasteiger partial charge is 0.756 e. The summed E-state index contributed by atoms with van der Waals surface area (Å²) in [7, 11) is -14.5. The van der Waals surface area contributed by atoms with Crippen LogP contribution in [0.2, 0.25) is 0 Å². The Balaban J connectivity index is 0. The number of fused-ring (bicyclic) bond motifs is 1. The highest BCUT2D eigenvalue weighted by atomic mass is 31.3. The van der Waals surface area contributed by atoms with Gasteiger partial charge in [-0.3, -0.25) is 23.1 Å². The minimum absolute atomic E-state index is 0. The van der Waals surface area contributed by atoms with Crippen LogP contribution in [0.15, 0.2) is 12.7 Å².